The van der Waals surface area contributed by atoms with E-state index < -0.39 is 0 Å². The first-order chi connectivity index (χ1) is 5.88. The summed E-state index contributed by atoms with van der Waals surface area (Å²) in [5.74, 6) is 0.413. The average molecular weight is 159 g/mol. The molecule has 0 aromatic heterocycles. The molecular formula is C11H13N. The molecule has 0 bridgehead atoms. The molecule has 1 atom stereocenters. The van der Waals surface area contributed by atoms with E-state index in [4.69, 9.17) is 5.26 Å². The summed E-state index contributed by atoms with van der Waals surface area (Å²) in [5.41, 5.74) is 1.28. The zero-order valence-corrected chi connectivity index (χ0v) is 7.33. The second kappa shape index (κ2) is 4.56. The van der Waals surface area contributed by atoms with Gasteiger partial charge in [-0.3, -0.25) is 0 Å². The third kappa shape index (κ3) is 2.10. The molecule has 0 heterocycles. The van der Waals surface area contributed by atoms with Crippen molar-refractivity contribution >= 4 is 0 Å². The Balaban J connectivity index is 2.75. The van der Waals surface area contributed by atoms with Crippen LogP contribution in [0.15, 0.2) is 30.3 Å². The van der Waals surface area contributed by atoms with Gasteiger partial charge in [0.2, 0.25) is 0 Å². The molecule has 0 aliphatic rings. The number of hydrogen-bond acceptors (Lipinski definition) is 1. The van der Waals surface area contributed by atoms with Crippen LogP contribution in [0.5, 0.6) is 0 Å². The van der Waals surface area contributed by atoms with Crippen LogP contribution in [0.4, 0.5) is 0 Å². The van der Waals surface area contributed by atoms with Crippen molar-refractivity contribution < 1.29 is 0 Å². The lowest BCUT2D eigenvalue weighted by molar-refractivity contribution is 0.681. The summed E-state index contributed by atoms with van der Waals surface area (Å²) < 4.78 is 0. The standard InChI is InChI=1S/C11H13N/c1-2-10(8-9-12)11-6-4-3-5-7-11/h3-7,10H,2,8H2,1H3/t10-/m1/s1. The molecule has 0 amide bonds. The van der Waals surface area contributed by atoms with Crippen molar-refractivity contribution in [1.29, 1.82) is 5.26 Å². The fourth-order valence-corrected chi connectivity index (χ4v) is 1.33. The second-order valence-electron chi connectivity index (χ2n) is 2.88. The van der Waals surface area contributed by atoms with Crippen molar-refractivity contribution in [2.45, 2.75) is 25.7 Å². The van der Waals surface area contributed by atoms with E-state index in [2.05, 4.69) is 25.1 Å². The number of hydrogen-bond donors (Lipinski definition) is 0. The third-order valence-electron chi connectivity index (χ3n) is 2.10. The van der Waals surface area contributed by atoms with E-state index in [1.807, 2.05) is 18.2 Å². The highest BCUT2D eigenvalue weighted by molar-refractivity contribution is 5.20. The zero-order valence-electron chi connectivity index (χ0n) is 7.33. The van der Waals surface area contributed by atoms with Crippen molar-refractivity contribution in [1.82, 2.24) is 0 Å². The molecule has 0 fully saturated rings. The molecule has 0 unspecified atom stereocenters. The molecule has 1 nitrogen and oxygen atoms in total. The van der Waals surface area contributed by atoms with E-state index >= 15 is 0 Å². The Morgan fingerprint density at radius 2 is 2.00 bits per heavy atom. The van der Waals surface area contributed by atoms with Gasteiger partial charge < -0.3 is 0 Å². The smallest absolute Gasteiger partial charge is 0.0628 e. The maximum atomic E-state index is 8.58. The number of nitrogens with zero attached hydrogens (tertiary/aromatic N) is 1. The largest absolute Gasteiger partial charge is 0.198 e. The molecule has 0 saturated heterocycles. The SMILES string of the molecule is CC[C@H](CC#N)c1ccccc1. The highest BCUT2D eigenvalue weighted by Crippen LogP contribution is 2.21. The molecular weight excluding hydrogens is 146 g/mol. The predicted molar refractivity (Wildman–Crippen MR) is 49.7 cm³/mol. The molecule has 0 aliphatic heterocycles. The van der Waals surface area contributed by atoms with Crippen LogP contribution in [0.25, 0.3) is 0 Å². The van der Waals surface area contributed by atoms with Gasteiger partial charge in [-0.25, -0.2) is 0 Å². The van der Waals surface area contributed by atoms with Crippen LogP contribution in [-0.4, -0.2) is 0 Å². The van der Waals surface area contributed by atoms with E-state index in [0.29, 0.717) is 12.3 Å². The first-order valence-electron chi connectivity index (χ1n) is 4.30. The summed E-state index contributed by atoms with van der Waals surface area (Å²) in [7, 11) is 0. The Labute approximate surface area is 73.6 Å². The van der Waals surface area contributed by atoms with Gasteiger partial charge in [-0.15, -0.1) is 0 Å². The van der Waals surface area contributed by atoms with Crippen molar-refractivity contribution in [3.8, 4) is 6.07 Å². The summed E-state index contributed by atoms with van der Waals surface area (Å²) >= 11 is 0. The van der Waals surface area contributed by atoms with Gasteiger partial charge in [-0.05, 0) is 17.9 Å². The Morgan fingerprint density at radius 3 is 2.50 bits per heavy atom. The van der Waals surface area contributed by atoms with Crippen LogP contribution in [0, 0.1) is 11.3 Å². The average Bonchev–Trinajstić information content (AvgIpc) is 2.15. The summed E-state index contributed by atoms with van der Waals surface area (Å²) in [6, 6.07) is 12.4. The molecule has 62 valence electrons. The molecule has 12 heavy (non-hydrogen) atoms. The molecule has 1 rings (SSSR count). The number of nitriles is 1. The van der Waals surface area contributed by atoms with E-state index in [1.165, 1.54) is 5.56 Å². The lowest BCUT2D eigenvalue weighted by Gasteiger charge is -2.09. The Hall–Kier alpha value is -1.29. The highest BCUT2D eigenvalue weighted by Gasteiger charge is 2.06. The van der Waals surface area contributed by atoms with Crippen molar-refractivity contribution in [3.05, 3.63) is 35.9 Å². The van der Waals surface area contributed by atoms with Crippen molar-refractivity contribution in [2.75, 3.05) is 0 Å². The summed E-state index contributed by atoms with van der Waals surface area (Å²) in [4.78, 5) is 0. The van der Waals surface area contributed by atoms with Crippen LogP contribution >= 0.6 is 0 Å². The number of rotatable bonds is 3. The third-order valence-corrected chi connectivity index (χ3v) is 2.10. The van der Waals surface area contributed by atoms with Crippen LogP contribution in [0.2, 0.25) is 0 Å². The molecule has 1 aromatic carbocycles. The van der Waals surface area contributed by atoms with Crippen molar-refractivity contribution in [3.63, 3.8) is 0 Å². The van der Waals surface area contributed by atoms with Gasteiger partial charge in [0, 0.05) is 6.42 Å². The molecule has 0 saturated carbocycles. The topological polar surface area (TPSA) is 23.8 Å². The fourth-order valence-electron chi connectivity index (χ4n) is 1.33. The first kappa shape index (κ1) is 8.80. The Kier molecular flexibility index (Phi) is 3.35. The summed E-state index contributed by atoms with van der Waals surface area (Å²) in [5, 5.41) is 8.58. The quantitative estimate of drug-likeness (QED) is 0.664. The van der Waals surface area contributed by atoms with E-state index in [-0.39, 0.29) is 0 Å². The van der Waals surface area contributed by atoms with Crippen LogP contribution in [0.1, 0.15) is 31.2 Å². The Morgan fingerprint density at radius 1 is 1.33 bits per heavy atom. The monoisotopic (exact) mass is 159 g/mol. The Bertz CT molecular complexity index is 258. The molecule has 0 N–H and O–H groups in total. The van der Waals surface area contributed by atoms with Gasteiger partial charge in [0.1, 0.15) is 0 Å². The maximum absolute atomic E-state index is 8.58. The minimum Gasteiger partial charge on any atom is -0.198 e. The first-order valence-corrected chi connectivity index (χ1v) is 4.30. The van der Waals surface area contributed by atoms with Gasteiger partial charge in [-0.2, -0.15) is 5.26 Å². The zero-order chi connectivity index (χ0) is 8.81. The molecule has 0 radical (unpaired) electrons. The lowest BCUT2D eigenvalue weighted by Crippen LogP contribution is -1.94. The molecule has 0 spiro atoms. The fraction of sp³-hybridized carbons (Fsp3) is 0.364. The normalized spacial score (nSPS) is 12.0. The predicted octanol–water partition coefficient (Wildman–Crippen LogP) is 3.09. The van der Waals surface area contributed by atoms with E-state index in [0.717, 1.165) is 6.42 Å². The van der Waals surface area contributed by atoms with E-state index in [1.54, 1.807) is 0 Å². The van der Waals surface area contributed by atoms with Gasteiger partial charge >= 0.3 is 0 Å². The molecule has 0 aliphatic carbocycles. The number of benzene rings is 1. The van der Waals surface area contributed by atoms with Gasteiger partial charge in [0.05, 0.1) is 6.07 Å². The van der Waals surface area contributed by atoms with Crippen LogP contribution in [-0.2, 0) is 0 Å². The highest BCUT2D eigenvalue weighted by atomic mass is 14.2. The van der Waals surface area contributed by atoms with Gasteiger partial charge in [0.15, 0.2) is 0 Å². The molecule has 1 aromatic rings. The van der Waals surface area contributed by atoms with E-state index in [9.17, 15) is 0 Å². The summed E-state index contributed by atoms with van der Waals surface area (Å²) in [6.45, 7) is 2.12. The van der Waals surface area contributed by atoms with Crippen LogP contribution in [0.3, 0.4) is 0 Å². The maximum Gasteiger partial charge on any atom is 0.0628 e. The lowest BCUT2D eigenvalue weighted by atomic mass is 9.94. The summed E-state index contributed by atoms with van der Waals surface area (Å²) in [6.07, 6.45) is 1.66. The van der Waals surface area contributed by atoms with Crippen LogP contribution < -0.4 is 0 Å². The minimum absolute atomic E-state index is 0.413. The van der Waals surface area contributed by atoms with Gasteiger partial charge in [0.25, 0.3) is 0 Å². The van der Waals surface area contributed by atoms with Gasteiger partial charge in [-0.1, -0.05) is 37.3 Å². The minimum atomic E-state index is 0.413. The second-order valence-corrected chi connectivity index (χ2v) is 2.88. The molecule has 1 heteroatoms. The van der Waals surface area contributed by atoms with Crippen molar-refractivity contribution in [2.24, 2.45) is 0 Å².